The summed E-state index contributed by atoms with van der Waals surface area (Å²) >= 11 is 0. The van der Waals surface area contributed by atoms with Gasteiger partial charge in [0, 0.05) is 18.9 Å². The summed E-state index contributed by atoms with van der Waals surface area (Å²) in [6.45, 7) is 1.32. The van der Waals surface area contributed by atoms with Crippen LogP contribution < -0.4 is 10.5 Å². The molecule has 0 radical (unpaired) electrons. The quantitative estimate of drug-likeness (QED) is 0.909. The molecular formula is C15H17N3O. The first kappa shape index (κ1) is 12.1. The van der Waals surface area contributed by atoms with E-state index in [2.05, 4.69) is 22.1 Å². The molecule has 3 rings (SSSR count). The van der Waals surface area contributed by atoms with E-state index in [9.17, 15) is 0 Å². The molecule has 0 saturated carbocycles. The Balaban J connectivity index is 1.96. The minimum absolute atomic E-state index is 0.0495. The van der Waals surface area contributed by atoms with Crippen molar-refractivity contribution in [2.24, 2.45) is 5.73 Å². The van der Waals surface area contributed by atoms with Crippen molar-refractivity contribution in [1.82, 2.24) is 9.97 Å². The summed E-state index contributed by atoms with van der Waals surface area (Å²) in [4.78, 5) is 8.63. The predicted molar refractivity (Wildman–Crippen MR) is 73.2 cm³/mol. The van der Waals surface area contributed by atoms with Crippen LogP contribution in [0.1, 0.15) is 29.3 Å². The number of hydrogen-bond donors (Lipinski definition) is 1. The Morgan fingerprint density at radius 2 is 2.11 bits per heavy atom. The zero-order chi connectivity index (χ0) is 13.1. The minimum Gasteiger partial charge on any atom is -0.493 e. The first-order chi connectivity index (χ1) is 9.38. The average molecular weight is 255 g/mol. The largest absolute Gasteiger partial charge is 0.493 e. The molecule has 98 valence electrons. The minimum atomic E-state index is 0.0495. The van der Waals surface area contributed by atoms with Gasteiger partial charge in [0.15, 0.2) is 0 Å². The standard InChI is InChI=1S/C15H17N3O/c16-10-13(15-17-6-2-7-18-15)11-4-5-14-12(9-11)3-1-8-19-14/h2,4-7,9,13H,1,3,8,10,16H2. The number of nitrogens with two attached hydrogens (primary N) is 1. The number of benzene rings is 1. The first-order valence-corrected chi connectivity index (χ1v) is 6.61. The summed E-state index contributed by atoms with van der Waals surface area (Å²) in [6, 6.07) is 8.10. The number of fused-ring (bicyclic) bond motifs is 1. The molecule has 1 aliphatic heterocycles. The Bertz CT molecular complexity index is 557. The van der Waals surface area contributed by atoms with E-state index in [0.29, 0.717) is 6.54 Å². The van der Waals surface area contributed by atoms with E-state index in [1.807, 2.05) is 12.1 Å². The van der Waals surface area contributed by atoms with Crippen LogP contribution in [0.2, 0.25) is 0 Å². The second kappa shape index (κ2) is 5.36. The fourth-order valence-electron chi connectivity index (χ4n) is 2.48. The molecule has 2 N–H and O–H groups in total. The SMILES string of the molecule is NCC(c1ccc2c(c1)CCCO2)c1ncccn1. The van der Waals surface area contributed by atoms with Gasteiger partial charge in [-0.1, -0.05) is 12.1 Å². The molecular weight excluding hydrogens is 238 g/mol. The third kappa shape index (κ3) is 2.44. The second-order valence-corrected chi connectivity index (χ2v) is 4.71. The number of aryl methyl sites for hydroxylation is 1. The van der Waals surface area contributed by atoms with Gasteiger partial charge in [0.25, 0.3) is 0 Å². The van der Waals surface area contributed by atoms with Gasteiger partial charge in [-0.2, -0.15) is 0 Å². The zero-order valence-corrected chi connectivity index (χ0v) is 10.7. The van der Waals surface area contributed by atoms with Crippen LogP contribution in [-0.4, -0.2) is 23.1 Å². The van der Waals surface area contributed by atoms with Crippen molar-refractivity contribution in [2.45, 2.75) is 18.8 Å². The highest BCUT2D eigenvalue weighted by atomic mass is 16.5. The molecule has 0 saturated heterocycles. The van der Waals surface area contributed by atoms with Crippen LogP contribution in [0.4, 0.5) is 0 Å². The molecule has 4 heteroatoms. The van der Waals surface area contributed by atoms with Crippen LogP contribution >= 0.6 is 0 Å². The van der Waals surface area contributed by atoms with Crippen LogP contribution in [0, 0.1) is 0 Å². The monoisotopic (exact) mass is 255 g/mol. The highest BCUT2D eigenvalue weighted by Crippen LogP contribution is 2.29. The van der Waals surface area contributed by atoms with E-state index >= 15 is 0 Å². The van der Waals surface area contributed by atoms with Gasteiger partial charge >= 0.3 is 0 Å². The fourth-order valence-corrected chi connectivity index (χ4v) is 2.48. The van der Waals surface area contributed by atoms with Gasteiger partial charge in [0.2, 0.25) is 0 Å². The van der Waals surface area contributed by atoms with Crippen molar-refractivity contribution in [2.75, 3.05) is 13.2 Å². The lowest BCUT2D eigenvalue weighted by Crippen LogP contribution is -2.17. The lowest BCUT2D eigenvalue weighted by Gasteiger charge is -2.20. The van der Waals surface area contributed by atoms with E-state index in [1.54, 1.807) is 12.4 Å². The summed E-state index contributed by atoms with van der Waals surface area (Å²) in [7, 11) is 0. The molecule has 0 fully saturated rings. The molecule has 19 heavy (non-hydrogen) atoms. The van der Waals surface area contributed by atoms with Crippen LogP contribution in [0.5, 0.6) is 5.75 Å². The van der Waals surface area contributed by atoms with E-state index in [0.717, 1.165) is 36.6 Å². The van der Waals surface area contributed by atoms with Gasteiger partial charge in [0.1, 0.15) is 11.6 Å². The molecule has 1 aromatic heterocycles. The van der Waals surface area contributed by atoms with Crippen LogP contribution in [0.3, 0.4) is 0 Å². The van der Waals surface area contributed by atoms with Crippen molar-refractivity contribution in [1.29, 1.82) is 0 Å². The second-order valence-electron chi connectivity index (χ2n) is 4.71. The molecule has 2 heterocycles. The third-order valence-corrected chi connectivity index (χ3v) is 3.47. The van der Waals surface area contributed by atoms with E-state index in [4.69, 9.17) is 10.5 Å². The smallest absolute Gasteiger partial charge is 0.136 e. The Hall–Kier alpha value is -1.94. The molecule has 1 atom stereocenters. The Kier molecular flexibility index (Phi) is 3.42. The number of nitrogens with zero attached hydrogens (tertiary/aromatic N) is 2. The molecule has 1 unspecified atom stereocenters. The average Bonchev–Trinajstić information content (AvgIpc) is 2.49. The van der Waals surface area contributed by atoms with Crippen LogP contribution in [0.15, 0.2) is 36.7 Å². The third-order valence-electron chi connectivity index (χ3n) is 3.47. The summed E-state index contributed by atoms with van der Waals surface area (Å²) in [5, 5.41) is 0. The number of hydrogen-bond acceptors (Lipinski definition) is 4. The van der Waals surface area contributed by atoms with Crippen molar-refractivity contribution in [3.05, 3.63) is 53.6 Å². The lowest BCUT2D eigenvalue weighted by atomic mass is 9.94. The van der Waals surface area contributed by atoms with Gasteiger partial charge in [-0.3, -0.25) is 0 Å². The Morgan fingerprint density at radius 1 is 1.26 bits per heavy atom. The molecule has 0 spiro atoms. The number of aromatic nitrogens is 2. The summed E-state index contributed by atoms with van der Waals surface area (Å²) in [6.07, 6.45) is 5.65. The summed E-state index contributed by atoms with van der Waals surface area (Å²) < 4.78 is 5.64. The number of ether oxygens (including phenoxy) is 1. The van der Waals surface area contributed by atoms with Gasteiger partial charge < -0.3 is 10.5 Å². The van der Waals surface area contributed by atoms with E-state index in [1.165, 1.54) is 5.56 Å². The Labute approximate surface area is 112 Å². The van der Waals surface area contributed by atoms with Gasteiger partial charge in [-0.15, -0.1) is 0 Å². The normalized spacial score (nSPS) is 15.4. The zero-order valence-electron chi connectivity index (χ0n) is 10.7. The van der Waals surface area contributed by atoms with E-state index in [-0.39, 0.29) is 5.92 Å². The molecule has 1 aromatic carbocycles. The van der Waals surface area contributed by atoms with Gasteiger partial charge in [-0.25, -0.2) is 9.97 Å². The van der Waals surface area contributed by atoms with Crippen molar-refractivity contribution < 1.29 is 4.74 Å². The summed E-state index contributed by atoms with van der Waals surface area (Å²) in [5.74, 6) is 1.83. The van der Waals surface area contributed by atoms with Crippen LogP contribution in [-0.2, 0) is 6.42 Å². The molecule has 4 nitrogen and oxygen atoms in total. The van der Waals surface area contributed by atoms with Crippen molar-refractivity contribution >= 4 is 0 Å². The topological polar surface area (TPSA) is 61.0 Å². The fraction of sp³-hybridized carbons (Fsp3) is 0.333. The maximum Gasteiger partial charge on any atom is 0.136 e. The maximum absolute atomic E-state index is 5.90. The molecule has 2 aromatic rings. The highest BCUT2D eigenvalue weighted by Gasteiger charge is 2.18. The van der Waals surface area contributed by atoms with Crippen LogP contribution in [0.25, 0.3) is 0 Å². The maximum atomic E-state index is 5.90. The summed E-state index contributed by atoms with van der Waals surface area (Å²) in [5.41, 5.74) is 8.33. The van der Waals surface area contributed by atoms with Gasteiger partial charge in [0.05, 0.1) is 12.5 Å². The van der Waals surface area contributed by atoms with E-state index < -0.39 is 0 Å². The molecule has 0 amide bonds. The first-order valence-electron chi connectivity index (χ1n) is 6.61. The molecule has 0 bridgehead atoms. The number of rotatable bonds is 3. The van der Waals surface area contributed by atoms with Crippen molar-refractivity contribution in [3.8, 4) is 5.75 Å². The van der Waals surface area contributed by atoms with Crippen molar-refractivity contribution in [3.63, 3.8) is 0 Å². The van der Waals surface area contributed by atoms with Gasteiger partial charge in [-0.05, 0) is 36.1 Å². The Morgan fingerprint density at radius 3 is 2.89 bits per heavy atom. The highest BCUT2D eigenvalue weighted by molar-refractivity contribution is 5.41. The molecule has 1 aliphatic rings. The molecule has 0 aliphatic carbocycles. The lowest BCUT2D eigenvalue weighted by molar-refractivity contribution is 0.288. The predicted octanol–water partition coefficient (Wildman–Crippen LogP) is 1.89.